The number of carbonyl (C=O) groups is 1. The van der Waals surface area contributed by atoms with Crippen LogP contribution >= 0.6 is 0 Å². The van der Waals surface area contributed by atoms with Crippen molar-refractivity contribution >= 4 is 21.8 Å². The summed E-state index contributed by atoms with van der Waals surface area (Å²) < 4.78 is 40.9. The molecule has 0 unspecified atom stereocenters. The molecule has 0 saturated heterocycles. The summed E-state index contributed by atoms with van der Waals surface area (Å²) in [5, 5.41) is 2.73. The second-order valence-corrected chi connectivity index (χ2v) is 8.20. The lowest BCUT2D eigenvalue weighted by Crippen LogP contribution is -2.46. The summed E-state index contributed by atoms with van der Waals surface area (Å²) in [4.78, 5) is 12.3. The molecular weight excluding hydrogens is 345 g/mol. The second kappa shape index (κ2) is 8.44. The van der Waals surface area contributed by atoms with Crippen molar-refractivity contribution in [2.75, 3.05) is 31.5 Å². The van der Waals surface area contributed by atoms with E-state index >= 15 is 0 Å². The molecule has 0 bridgehead atoms. The van der Waals surface area contributed by atoms with Crippen molar-refractivity contribution in [2.24, 2.45) is 0 Å². The molecule has 1 amide bonds. The van der Waals surface area contributed by atoms with E-state index in [1.165, 1.54) is 32.3 Å². The minimum atomic E-state index is -4.00. The number of anilines is 1. The van der Waals surface area contributed by atoms with Crippen LogP contribution in [0, 0.1) is 5.82 Å². The van der Waals surface area contributed by atoms with E-state index in [-0.39, 0.29) is 5.69 Å². The molecule has 1 aromatic carbocycles. The van der Waals surface area contributed by atoms with Gasteiger partial charge in [0.25, 0.3) is 0 Å². The summed E-state index contributed by atoms with van der Waals surface area (Å²) in [5.74, 6) is -1.17. The molecule has 2 rings (SSSR count). The zero-order chi connectivity index (χ0) is 18.4. The van der Waals surface area contributed by atoms with Gasteiger partial charge >= 0.3 is 10.2 Å². The summed E-state index contributed by atoms with van der Waals surface area (Å²) in [6.07, 6.45) is 6.29. The van der Waals surface area contributed by atoms with Crippen molar-refractivity contribution in [3.05, 3.63) is 41.7 Å². The van der Waals surface area contributed by atoms with Gasteiger partial charge in [-0.2, -0.15) is 12.7 Å². The number of nitrogens with one attached hydrogen (secondary N) is 1. The smallest absolute Gasteiger partial charge is 0.304 e. The highest BCUT2D eigenvalue weighted by molar-refractivity contribution is 7.90. The highest BCUT2D eigenvalue weighted by atomic mass is 32.2. The van der Waals surface area contributed by atoms with Gasteiger partial charge in [0.15, 0.2) is 0 Å². The van der Waals surface area contributed by atoms with Crippen LogP contribution in [0.3, 0.4) is 0 Å². The number of carbonyl (C=O) groups excluding carboxylic acids is 1. The quantitative estimate of drug-likeness (QED) is 0.748. The largest absolute Gasteiger partial charge is 0.351 e. The van der Waals surface area contributed by atoms with Gasteiger partial charge in [0.05, 0.1) is 5.69 Å². The number of benzene rings is 1. The lowest BCUT2D eigenvalue weighted by atomic mass is 10.00. The van der Waals surface area contributed by atoms with Gasteiger partial charge in [0, 0.05) is 20.6 Å². The summed E-state index contributed by atoms with van der Waals surface area (Å²) in [6, 6.07) is 5.50. The van der Waals surface area contributed by atoms with E-state index in [9.17, 15) is 17.6 Å². The molecule has 0 aromatic heterocycles. The minimum Gasteiger partial charge on any atom is -0.351 e. The van der Waals surface area contributed by atoms with Gasteiger partial charge in [0.2, 0.25) is 5.91 Å². The monoisotopic (exact) mass is 369 g/mol. The van der Waals surface area contributed by atoms with Gasteiger partial charge in [-0.25, -0.2) is 8.70 Å². The van der Waals surface area contributed by atoms with Crippen LogP contribution in [0.25, 0.3) is 0 Å². The number of allylic oxidation sites excluding steroid dienone is 1. The average Bonchev–Trinajstić information content (AvgIpc) is 2.59. The fourth-order valence-electron chi connectivity index (χ4n) is 2.61. The average molecular weight is 369 g/mol. The van der Waals surface area contributed by atoms with E-state index in [2.05, 4.69) is 11.4 Å². The Morgan fingerprint density at radius 3 is 2.56 bits per heavy atom. The first-order valence-corrected chi connectivity index (χ1v) is 9.61. The Balaban J connectivity index is 2.15. The second-order valence-electron chi connectivity index (χ2n) is 6.13. The van der Waals surface area contributed by atoms with Crippen molar-refractivity contribution in [3.8, 4) is 0 Å². The third kappa shape index (κ3) is 5.02. The van der Waals surface area contributed by atoms with Crippen LogP contribution in [0.15, 0.2) is 35.9 Å². The van der Waals surface area contributed by atoms with Crippen LogP contribution in [-0.2, 0) is 15.0 Å². The highest BCUT2D eigenvalue weighted by Gasteiger charge is 2.29. The van der Waals surface area contributed by atoms with Crippen molar-refractivity contribution in [3.63, 3.8) is 0 Å². The molecule has 1 aliphatic rings. The minimum absolute atomic E-state index is 0.150. The van der Waals surface area contributed by atoms with Gasteiger partial charge in [-0.05, 0) is 37.8 Å². The number of amides is 1. The van der Waals surface area contributed by atoms with Gasteiger partial charge in [-0.3, -0.25) is 4.79 Å². The van der Waals surface area contributed by atoms with Crippen LogP contribution in [0.2, 0.25) is 0 Å². The van der Waals surface area contributed by atoms with Gasteiger partial charge in [0.1, 0.15) is 12.4 Å². The third-order valence-corrected chi connectivity index (χ3v) is 5.85. The number of rotatable bonds is 7. The summed E-state index contributed by atoms with van der Waals surface area (Å²) in [5.41, 5.74) is 0.996. The molecule has 1 N–H and O–H groups in total. The van der Waals surface area contributed by atoms with Crippen molar-refractivity contribution in [2.45, 2.75) is 25.7 Å². The molecule has 8 heteroatoms. The van der Waals surface area contributed by atoms with Gasteiger partial charge in [-0.1, -0.05) is 23.8 Å². The fraction of sp³-hybridized carbons (Fsp3) is 0.471. The molecule has 25 heavy (non-hydrogen) atoms. The molecule has 138 valence electrons. The summed E-state index contributed by atoms with van der Waals surface area (Å²) in [6.45, 7) is -0.0827. The van der Waals surface area contributed by atoms with Gasteiger partial charge in [-0.15, -0.1) is 0 Å². The maximum Gasteiger partial charge on any atom is 0.304 e. The van der Waals surface area contributed by atoms with Crippen LogP contribution in [0.5, 0.6) is 0 Å². The summed E-state index contributed by atoms with van der Waals surface area (Å²) >= 11 is 0. The van der Waals surface area contributed by atoms with E-state index in [1.807, 2.05) is 0 Å². The summed E-state index contributed by atoms with van der Waals surface area (Å²) in [7, 11) is -1.32. The Bertz CT molecular complexity index is 747. The van der Waals surface area contributed by atoms with E-state index < -0.39 is 28.5 Å². The van der Waals surface area contributed by atoms with Crippen molar-refractivity contribution in [1.29, 1.82) is 0 Å². The predicted molar refractivity (Wildman–Crippen MR) is 95.9 cm³/mol. The topological polar surface area (TPSA) is 69.7 Å². The Hall–Kier alpha value is -1.93. The molecule has 0 atom stereocenters. The molecule has 0 saturated carbocycles. The normalized spacial score (nSPS) is 15.0. The molecule has 0 spiro atoms. The van der Waals surface area contributed by atoms with E-state index in [0.29, 0.717) is 6.54 Å². The maximum atomic E-state index is 14.1. The number of hydrogen-bond acceptors (Lipinski definition) is 3. The molecule has 6 nitrogen and oxygen atoms in total. The highest BCUT2D eigenvalue weighted by Crippen LogP contribution is 2.22. The molecule has 1 aliphatic carbocycles. The van der Waals surface area contributed by atoms with E-state index in [4.69, 9.17) is 0 Å². The molecule has 0 aliphatic heterocycles. The first kappa shape index (κ1) is 19.4. The predicted octanol–water partition coefficient (Wildman–Crippen LogP) is 2.06. The molecular formula is C17H24FN3O3S. The first-order chi connectivity index (χ1) is 11.8. The molecule has 0 radical (unpaired) electrons. The van der Waals surface area contributed by atoms with Crippen LogP contribution in [0.4, 0.5) is 10.1 Å². The Morgan fingerprint density at radius 2 is 1.96 bits per heavy atom. The van der Waals surface area contributed by atoms with Crippen LogP contribution in [0.1, 0.15) is 25.7 Å². The van der Waals surface area contributed by atoms with Crippen LogP contribution in [-0.4, -0.2) is 45.8 Å². The molecule has 0 fully saturated rings. The number of halogens is 1. The lowest BCUT2D eigenvalue weighted by Gasteiger charge is -2.27. The Kier molecular flexibility index (Phi) is 6.55. The van der Waals surface area contributed by atoms with E-state index in [1.54, 1.807) is 0 Å². The standard InChI is InChI=1S/C17H24FN3O3S/c1-20(2)25(23,24)21(16-11-7-6-10-15(16)18)13-17(22)19-12-14-8-4-3-5-9-14/h6-8,10-11H,3-5,9,12-13H2,1-2H3,(H,19,22). The molecule has 0 heterocycles. The Morgan fingerprint density at radius 1 is 1.24 bits per heavy atom. The van der Waals surface area contributed by atoms with Crippen molar-refractivity contribution in [1.82, 2.24) is 9.62 Å². The fourth-order valence-corrected chi connectivity index (χ4v) is 3.68. The molecule has 1 aromatic rings. The number of para-hydroxylation sites is 1. The lowest BCUT2D eigenvalue weighted by molar-refractivity contribution is -0.119. The maximum absolute atomic E-state index is 14.1. The zero-order valence-corrected chi connectivity index (χ0v) is 15.4. The Labute approximate surface area is 148 Å². The van der Waals surface area contributed by atoms with Crippen molar-refractivity contribution < 1.29 is 17.6 Å². The van der Waals surface area contributed by atoms with Gasteiger partial charge < -0.3 is 5.32 Å². The number of hydrogen-bond donors (Lipinski definition) is 1. The van der Waals surface area contributed by atoms with E-state index in [0.717, 1.165) is 45.9 Å². The third-order valence-electron chi connectivity index (χ3n) is 4.05. The first-order valence-electron chi connectivity index (χ1n) is 8.21. The van der Waals surface area contributed by atoms with Crippen LogP contribution < -0.4 is 9.62 Å². The zero-order valence-electron chi connectivity index (χ0n) is 14.5. The number of nitrogens with zero attached hydrogens (tertiary/aromatic N) is 2. The SMILES string of the molecule is CN(C)S(=O)(=O)N(CC(=O)NCC1=CCCCC1)c1ccccc1F.